The van der Waals surface area contributed by atoms with Crippen LogP contribution in [0.4, 0.5) is 16.2 Å². The molecule has 0 aliphatic carbocycles. The van der Waals surface area contributed by atoms with Crippen molar-refractivity contribution in [2.45, 2.75) is 12.8 Å². The summed E-state index contributed by atoms with van der Waals surface area (Å²) in [6.45, 7) is 0.768. The Morgan fingerprint density at radius 3 is 3.05 bits per heavy atom. The van der Waals surface area contributed by atoms with Gasteiger partial charge in [-0.2, -0.15) is 0 Å². The highest BCUT2D eigenvalue weighted by Crippen LogP contribution is 2.34. The number of hydrogen-bond acceptors (Lipinski definition) is 7. The molecule has 0 bridgehead atoms. The zero-order chi connectivity index (χ0) is 15.2. The monoisotopic (exact) mass is 310 g/mol. The fourth-order valence-corrected chi connectivity index (χ4v) is 2.69. The van der Waals surface area contributed by atoms with Gasteiger partial charge in [0.1, 0.15) is 11.9 Å². The SMILES string of the molecule is NC(=O)OCCCCNc1c([N+](=O)[O-])cnc2ccsc12. The van der Waals surface area contributed by atoms with Crippen LogP contribution in [0.25, 0.3) is 10.2 Å². The van der Waals surface area contributed by atoms with Gasteiger partial charge in [0, 0.05) is 6.54 Å². The fraction of sp³-hybridized carbons (Fsp3) is 0.333. The highest BCUT2D eigenvalue weighted by molar-refractivity contribution is 7.17. The van der Waals surface area contributed by atoms with Gasteiger partial charge in [-0.05, 0) is 24.3 Å². The second-order valence-corrected chi connectivity index (χ2v) is 5.13. The third kappa shape index (κ3) is 3.78. The molecular weight excluding hydrogens is 296 g/mol. The molecule has 0 aromatic carbocycles. The summed E-state index contributed by atoms with van der Waals surface area (Å²) in [6, 6.07) is 1.82. The molecule has 2 aromatic heterocycles. The number of unbranched alkanes of at least 4 members (excludes halogenated alkanes) is 1. The Hall–Kier alpha value is -2.42. The largest absolute Gasteiger partial charge is 0.450 e. The van der Waals surface area contributed by atoms with Crippen molar-refractivity contribution in [3.63, 3.8) is 0 Å². The highest BCUT2D eigenvalue weighted by Gasteiger charge is 2.18. The maximum Gasteiger partial charge on any atom is 0.404 e. The van der Waals surface area contributed by atoms with Crippen molar-refractivity contribution >= 4 is 39.0 Å². The van der Waals surface area contributed by atoms with Crippen LogP contribution in [-0.4, -0.2) is 29.2 Å². The molecule has 0 fully saturated rings. The first kappa shape index (κ1) is 15.0. The summed E-state index contributed by atoms with van der Waals surface area (Å²) in [5, 5.41) is 16.0. The molecule has 21 heavy (non-hydrogen) atoms. The average Bonchev–Trinajstić information content (AvgIpc) is 2.90. The average molecular weight is 310 g/mol. The van der Waals surface area contributed by atoms with Crippen LogP contribution in [0.2, 0.25) is 0 Å². The Kier molecular flexibility index (Phi) is 4.88. The second kappa shape index (κ2) is 6.84. The molecule has 8 nitrogen and oxygen atoms in total. The number of nitro groups is 1. The van der Waals surface area contributed by atoms with Crippen molar-refractivity contribution in [3.05, 3.63) is 27.8 Å². The minimum Gasteiger partial charge on any atom is -0.450 e. The van der Waals surface area contributed by atoms with Crippen molar-refractivity contribution in [2.75, 3.05) is 18.5 Å². The van der Waals surface area contributed by atoms with Gasteiger partial charge in [-0.15, -0.1) is 11.3 Å². The maximum atomic E-state index is 11.1. The molecular formula is C12H14N4O4S. The van der Waals surface area contributed by atoms with Gasteiger partial charge in [0.2, 0.25) is 0 Å². The van der Waals surface area contributed by atoms with E-state index in [4.69, 9.17) is 5.73 Å². The highest BCUT2D eigenvalue weighted by atomic mass is 32.1. The normalized spacial score (nSPS) is 10.5. The fourth-order valence-electron chi connectivity index (χ4n) is 1.83. The molecule has 112 valence electrons. The lowest BCUT2D eigenvalue weighted by Gasteiger charge is -2.08. The second-order valence-electron chi connectivity index (χ2n) is 4.21. The van der Waals surface area contributed by atoms with E-state index in [9.17, 15) is 14.9 Å². The summed E-state index contributed by atoms with van der Waals surface area (Å²) < 4.78 is 5.37. The summed E-state index contributed by atoms with van der Waals surface area (Å²) >= 11 is 1.40. The van der Waals surface area contributed by atoms with Gasteiger partial charge in [-0.3, -0.25) is 10.1 Å². The topological polar surface area (TPSA) is 120 Å². The molecule has 0 atom stereocenters. The van der Waals surface area contributed by atoms with E-state index in [1.165, 1.54) is 17.5 Å². The molecule has 1 amide bonds. The van der Waals surface area contributed by atoms with E-state index in [1.807, 2.05) is 11.4 Å². The lowest BCUT2D eigenvalue weighted by molar-refractivity contribution is -0.384. The summed E-state index contributed by atoms with van der Waals surface area (Å²) in [5.74, 6) is 0. The number of fused-ring (bicyclic) bond motifs is 1. The summed E-state index contributed by atoms with van der Waals surface area (Å²) in [4.78, 5) is 25.1. The number of thiophene rings is 1. The van der Waals surface area contributed by atoms with E-state index in [2.05, 4.69) is 15.0 Å². The summed E-state index contributed by atoms with van der Waals surface area (Å²) in [5.41, 5.74) is 6.01. The Morgan fingerprint density at radius 2 is 2.33 bits per heavy atom. The van der Waals surface area contributed by atoms with E-state index >= 15 is 0 Å². The standard InChI is InChI=1S/C12H14N4O4S/c13-12(17)20-5-2-1-4-14-10-9(16(18)19)7-15-8-3-6-21-11(8)10/h3,6-7H,1-2,4-5H2,(H2,13,17)(H,14,15). The number of carbonyl (C=O) groups is 1. The quantitative estimate of drug-likeness (QED) is 0.460. The number of ether oxygens (including phenoxy) is 1. The number of nitrogens with two attached hydrogens (primary N) is 1. The molecule has 2 heterocycles. The Labute approximate surface area is 124 Å². The Morgan fingerprint density at radius 1 is 1.52 bits per heavy atom. The number of hydrogen-bond donors (Lipinski definition) is 2. The molecule has 2 aromatic rings. The molecule has 0 aliphatic rings. The van der Waals surface area contributed by atoms with E-state index in [-0.39, 0.29) is 12.3 Å². The first-order valence-corrected chi connectivity index (χ1v) is 7.14. The zero-order valence-corrected chi connectivity index (χ0v) is 11.9. The molecule has 2 rings (SSSR count). The summed E-state index contributed by atoms with van der Waals surface area (Å²) in [7, 11) is 0. The van der Waals surface area contributed by atoms with Crippen LogP contribution < -0.4 is 11.1 Å². The van der Waals surface area contributed by atoms with Gasteiger partial charge in [0.15, 0.2) is 0 Å². The minimum absolute atomic E-state index is 0.0432. The number of amides is 1. The van der Waals surface area contributed by atoms with Gasteiger partial charge in [0.25, 0.3) is 0 Å². The van der Waals surface area contributed by atoms with Crippen LogP contribution in [0.5, 0.6) is 0 Å². The number of rotatable bonds is 7. The molecule has 9 heteroatoms. The van der Waals surface area contributed by atoms with Crippen LogP contribution in [0, 0.1) is 10.1 Å². The zero-order valence-electron chi connectivity index (χ0n) is 11.1. The number of pyridine rings is 1. The lowest BCUT2D eigenvalue weighted by Crippen LogP contribution is -2.14. The van der Waals surface area contributed by atoms with Crippen molar-refractivity contribution in [2.24, 2.45) is 5.73 Å². The van der Waals surface area contributed by atoms with Crippen LogP contribution in [0.15, 0.2) is 17.6 Å². The first-order chi connectivity index (χ1) is 10.1. The predicted octanol–water partition coefficient (Wildman–Crippen LogP) is 2.49. The van der Waals surface area contributed by atoms with E-state index in [1.54, 1.807) is 0 Å². The molecule has 0 spiro atoms. The van der Waals surface area contributed by atoms with E-state index in [0.717, 1.165) is 10.2 Å². The predicted molar refractivity (Wildman–Crippen MR) is 79.5 cm³/mol. The third-order valence-corrected chi connectivity index (χ3v) is 3.69. The molecule has 0 radical (unpaired) electrons. The van der Waals surface area contributed by atoms with Gasteiger partial charge in [-0.1, -0.05) is 0 Å². The van der Waals surface area contributed by atoms with Crippen molar-refractivity contribution in [3.8, 4) is 0 Å². The van der Waals surface area contributed by atoms with E-state index in [0.29, 0.717) is 25.1 Å². The molecule has 0 unspecified atom stereocenters. The van der Waals surface area contributed by atoms with Gasteiger partial charge >= 0.3 is 11.8 Å². The summed E-state index contributed by atoms with van der Waals surface area (Å²) in [6.07, 6.45) is 1.78. The first-order valence-electron chi connectivity index (χ1n) is 6.26. The van der Waals surface area contributed by atoms with E-state index < -0.39 is 11.0 Å². The number of carbonyl (C=O) groups excluding carboxylic acids is 1. The molecule has 3 N–H and O–H groups in total. The molecule has 0 saturated carbocycles. The van der Waals surface area contributed by atoms with Crippen molar-refractivity contribution < 1.29 is 14.5 Å². The lowest BCUT2D eigenvalue weighted by atomic mass is 10.2. The number of nitrogens with one attached hydrogen (secondary N) is 1. The third-order valence-electron chi connectivity index (χ3n) is 2.77. The number of anilines is 1. The van der Waals surface area contributed by atoms with Crippen LogP contribution in [0.1, 0.15) is 12.8 Å². The number of aromatic nitrogens is 1. The van der Waals surface area contributed by atoms with Crippen molar-refractivity contribution in [1.82, 2.24) is 4.98 Å². The van der Waals surface area contributed by atoms with Crippen LogP contribution in [0.3, 0.4) is 0 Å². The maximum absolute atomic E-state index is 11.1. The van der Waals surface area contributed by atoms with Crippen molar-refractivity contribution in [1.29, 1.82) is 0 Å². The van der Waals surface area contributed by atoms with Gasteiger partial charge in [0.05, 0.1) is 21.7 Å². The number of primary amides is 1. The molecule has 0 aliphatic heterocycles. The van der Waals surface area contributed by atoms with Crippen LogP contribution >= 0.6 is 11.3 Å². The number of nitrogens with zero attached hydrogens (tertiary/aromatic N) is 2. The Balaban J connectivity index is 2.00. The minimum atomic E-state index is -0.798. The van der Waals surface area contributed by atoms with Crippen LogP contribution in [-0.2, 0) is 4.74 Å². The van der Waals surface area contributed by atoms with Gasteiger partial charge < -0.3 is 15.8 Å². The Bertz CT molecular complexity index is 658. The molecule has 0 saturated heterocycles. The smallest absolute Gasteiger partial charge is 0.404 e. The van der Waals surface area contributed by atoms with Gasteiger partial charge in [-0.25, -0.2) is 9.78 Å².